The van der Waals surface area contributed by atoms with Crippen LogP contribution in [-0.2, 0) is 6.42 Å². The predicted molar refractivity (Wildman–Crippen MR) is 64.6 cm³/mol. The molecule has 3 nitrogen and oxygen atoms in total. The van der Waals surface area contributed by atoms with Gasteiger partial charge in [-0.3, -0.25) is 0 Å². The highest BCUT2D eigenvalue weighted by Crippen LogP contribution is 2.40. The molecule has 0 bridgehead atoms. The minimum Gasteiger partial charge on any atom is -0.457 e. The number of fused-ring (bicyclic) bond motifs is 2. The molecule has 16 heavy (non-hydrogen) atoms. The van der Waals surface area contributed by atoms with Crippen LogP contribution in [0.5, 0.6) is 11.5 Å². The Morgan fingerprint density at radius 1 is 1.00 bits per heavy atom. The summed E-state index contributed by atoms with van der Waals surface area (Å²) in [5.74, 6) is 1.66. The molecule has 2 aromatic rings. The molecule has 0 unspecified atom stereocenters. The molecule has 0 amide bonds. The average Bonchev–Trinajstić information content (AvgIpc) is 2.27. The van der Waals surface area contributed by atoms with Crippen LogP contribution in [0.1, 0.15) is 11.1 Å². The van der Waals surface area contributed by atoms with Crippen molar-refractivity contribution in [2.75, 3.05) is 11.5 Å². The van der Waals surface area contributed by atoms with Gasteiger partial charge in [0, 0.05) is 29.4 Å². The van der Waals surface area contributed by atoms with Crippen molar-refractivity contribution in [2.24, 2.45) is 0 Å². The number of anilines is 2. The maximum Gasteiger partial charge on any atom is 0.135 e. The number of nitrogens with two attached hydrogens (primary N) is 2. The Bertz CT molecular complexity index is 564. The maximum absolute atomic E-state index is 5.94. The van der Waals surface area contributed by atoms with E-state index in [0.29, 0.717) is 11.4 Å². The highest BCUT2D eigenvalue weighted by molar-refractivity contribution is 5.67. The van der Waals surface area contributed by atoms with Gasteiger partial charge in [0.05, 0.1) is 0 Å². The van der Waals surface area contributed by atoms with E-state index in [-0.39, 0.29) is 0 Å². The molecule has 0 atom stereocenters. The molecule has 0 aliphatic carbocycles. The summed E-state index contributed by atoms with van der Waals surface area (Å²) in [6, 6.07) is 11.6. The first kappa shape index (κ1) is 9.09. The molecular formula is C13H12N2O. The van der Waals surface area contributed by atoms with Gasteiger partial charge in [0.2, 0.25) is 0 Å². The van der Waals surface area contributed by atoms with E-state index < -0.39 is 0 Å². The largest absolute Gasteiger partial charge is 0.457 e. The summed E-state index contributed by atoms with van der Waals surface area (Å²) in [4.78, 5) is 0. The lowest BCUT2D eigenvalue weighted by Crippen LogP contribution is -2.06. The summed E-state index contributed by atoms with van der Waals surface area (Å²) in [5.41, 5.74) is 15.2. The van der Waals surface area contributed by atoms with E-state index in [1.54, 1.807) is 6.07 Å². The Morgan fingerprint density at radius 2 is 1.81 bits per heavy atom. The minimum atomic E-state index is 0.635. The molecule has 0 spiro atoms. The van der Waals surface area contributed by atoms with E-state index in [9.17, 15) is 0 Å². The lowest BCUT2D eigenvalue weighted by molar-refractivity contribution is 0.461. The fourth-order valence-corrected chi connectivity index (χ4v) is 2.03. The third-order valence-electron chi connectivity index (χ3n) is 2.83. The van der Waals surface area contributed by atoms with Gasteiger partial charge in [-0.05, 0) is 17.7 Å². The van der Waals surface area contributed by atoms with Gasteiger partial charge < -0.3 is 16.2 Å². The molecule has 3 heteroatoms. The normalized spacial score (nSPS) is 12.5. The van der Waals surface area contributed by atoms with Crippen LogP contribution < -0.4 is 16.2 Å². The van der Waals surface area contributed by atoms with Gasteiger partial charge in [-0.1, -0.05) is 18.2 Å². The van der Waals surface area contributed by atoms with Gasteiger partial charge in [0.1, 0.15) is 11.5 Å². The molecule has 3 rings (SSSR count). The quantitative estimate of drug-likeness (QED) is 0.563. The second-order valence-corrected chi connectivity index (χ2v) is 3.97. The third-order valence-corrected chi connectivity index (χ3v) is 2.83. The molecule has 0 saturated heterocycles. The molecule has 0 fully saturated rings. The number of rotatable bonds is 0. The Labute approximate surface area is 93.6 Å². The second-order valence-electron chi connectivity index (χ2n) is 3.97. The van der Waals surface area contributed by atoms with E-state index in [1.165, 1.54) is 0 Å². The molecule has 1 aliphatic rings. The van der Waals surface area contributed by atoms with E-state index >= 15 is 0 Å². The van der Waals surface area contributed by atoms with E-state index in [2.05, 4.69) is 0 Å². The average molecular weight is 212 g/mol. The predicted octanol–water partition coefficient (Wildman–Crippen LogP) is 2.55. The van der Waals surface area contributed by atoms with Crippen molar-refractivity contribution in [3.05, 3.63) is 47.5 Å². The highest BCUT2D eigenvalue weighted by Gasteiger charge is 2.18. The number of nitrogen functional groups attached to an aromatic ring is 2. The fraction of sp³-hybridized carbons (Fsp3) is 0.0769. The van der Waals surface area contributed by atoms with Gasteiger partial charge in [0.15, 0.2) is 0 Å². The smallest absolute Gasteiger partial charge is 0.135 e. The first-order valence-corrected chi connectivity index (χ1v) is 5.17. The summed E-state index contributed by atoms with van der Waals surface area (Å²) in [5, 5.41) is 0. The van der Waals surface area contributed by atoms with Crippen molar-refractivity contribution >= 4 is 11.4 Å². The van der Waals surface area contributed by atoms with E-state index in [4.69, 9.17) is 16.2 Å². The standard InChI is InChI=1S/C13H12N2O/c14-9-6-11(15)10-5-8-3-1-2-4-12(8)16-13(10)7-9/h1-4,6-7H,5,14-15H2. The minimum absolute atomic E-state index is 0.635. The Hall–Kier alpha value is -2.16. The topological polar surface area (TPSA) is 61.3 Å². The molecule has 0 radical (unpaired) electrons. The van der Waals surface area contributed by atoms with Crippen LogP contribution in [0.2, 0.25) is 0 Å². The van der Waals surface area contributed by atoms with Crippen molar-refractivity contribution in [1.29, 1.82) is 0 Å². The van der Waals surface area contributed by atoms with Crippen molar-refractivity contribution in [1.82, 2.24) is 0 Å². The van der Waals surface area contributed by atoms with Gasteiger partial charge in [0.25, 0.3) is 0 Å². The van der Waals surface area contributed by atoms with Crippen LogP contribution in [0.15, 0.2) is 36.4 Å². The maximum atomic E-state index is 5.94. The molecular weight excluding hydrogens is 200 g/mol. The van der Waals surface area contributed by atoms with Crippen LogP contribution in [0.25, 0.3) is 0 Å². The van der Waals surface area contributed by atoms with Crippen LogP contribution in [0.4, 0.5) is 11.4 Å². The van der Waals surface area contributed by atoms with Crippen LogP contribution >= 0.6 is 0 Å². The van der Waals surface area contributed by atoms with Gasteiger partial charge in [-0.25, -0.2) is 0 Å². The summed E-state index contributed by atoms with van der Waals surface area (Å²) < 4.78 is 5.78. The van der Waals surface area contributed by atoms with Crippen molar-refractivity contribution in [2.45, 2.75) is 6.42 Å². The third kappa shape index (κ3) is 1.29. The van der Waals surface area contributed by atoms with Gasteiger partial charge in [-0.2, -0.15) is 0 Å². The van der Waals surface area contributed by atoms with Gasteiger partial charge >= 0.3 is 0 Å². The Morgan fingerprint density at radius 3 is 2.69 bits per heavy atom. The lowest BCUT2D eigenvalue weighted by atomic mass is 9.98. The molecule has 1 aliphatic heterocycles. The van der Waals surface area contributed by atoms with E-state index in [0.717, 1.165) is 29.0 Å². The first-order chi connectivity index (χ1) is 7.74. The number of hydrogen-bond acceptors (Lipinski definition) is 3. The van der Waals surface area contributed by atoms with Crippen molar-refractivity contribution in [3.63, 3.8) is 0 Å². The zero-order valence-corrected chi connectivity index (χ0v) is 8.73. The van der Waals surface area contributed by atoms with Crippen molar-refractivity contribution < 1.29 is 4.74 Å². The van der Waals surface area contributed by atoms with Crippen LogP contribution in [0.3, 0.4) is 0 Å². The Balaban J connectivity index is 2.15. The lowest BCUT2D eigenvalue weighted by Gasteiger charge is -2.21. The summed E-state index contributed by atoms with van der Waals surface area (Å²) >= 11 is 0. The molecule has 1 heterocycles. The summed E-state index contributed by atoms with van der Waals surface area (Å²) in [7, 11) is 0. The number of benzene rings is 2. The molecule has 2 aromatic carbocycles. The number of para-hydroxylation sites is 1. The van der Waals surface area contributed by atoms with Crippen molar-refractivity contribution in [3.8, 4) is 11.5 Å². The molecule has 80 valence electrons. The summed E-state index contributed by atoms with van der Waals surface area (Å²) in [6.07, 6.45) is 0.803. The zero-order chi connectivity index (χ0) is 11.1. The number of ether oxygens (including phenoxy) is 1. The van der Waals surface area contributed by atoms with Gasteiger partial charge in [-0.15, -0.1) is 0 Å². The molecule has 0 saturated carbocycles. The molecule has 0 aromatic heterocycles. The number of hydrogen-bond donors (Lipinski definition) is 2. The summed E-state index contributed by atoms with van der Waals surface area (Å²) in [6.45, 7) is 0. The monoisotopic (exact) mass is 212 g/mol. The Kier molecular flexibility index (Phi) is 1.80. The SMILES string of the molecule is Nc1cc(N)c2c(c1)Oc1ccccc1C2. The second kappa shape index (κ2) is 3.17. The van der Waals surface area contributed by atoms with Crippen LogP contribution in [0, 0.1) is 0 Å². The highest BCUT2D eigenvalue weighted by atomic mass is 16.5. The fourth-order valence-electron chi connectivity index (χ4n) is 2.03. The van der Waals surface area contributed by atoms with E-state index in [1.807, 2.05) is 30.3 Å². The van der Waals surface area contributed by atoms with Crippen LogP contribution in [-0.4, -0.2) is 0 Å². The molecule has 4 N–H and O–H groups in total. The zero-order valence-electron chi connectivity index (χ0n) is 8.73. The first-order valence-electron chi connectivity index (χ1n) is 5.17.